The summed E-state index contributed by atoms with van der Waals surface area (Å²) >= 11 is 1.75. The standard InChI is InChI=1S/C46H24N2O2S/c1-2-10-25(11-3-1)43-45-44(31-12-4-5-21-38(31)51-45)48-46(47-43)33-17-9-18-34-40(33)30-23-22-26(24-37(30)50-34)27-13-6-14-28-29-15-7-19-35-41(29)42-32(39(27)28)16-8-20-36(42)49-35/h1-24H. The summed E-state index contributed by atoms with van der Waals surface area (Å²) in [7, 11) is 0. The van der Waals surface area contributed by atoms with E-state index in [-0.39, 0.29) is 0 Å². The van der Waals surface area contributed by atoms with E-state index in [0.717, 1.165) is 76.7 Å². The topological polar surface area (TPSA) is 52.1 Å². The van der Waals surface area contributed by atoms with E-state index < -0.39 is 0 Å². The predicted octanol–water partition coefficient (Wildman–Crippen LogP) is 13.4. The molecule has 12 aromatic rings. The molecule has 0 atom stereocenters. The molecule has 4 aromatic heterocycles. The molecule has 0 aliphatic rings. The van der Waals surface area contributed by atoms with Crippen LogP contribution >= 0.6 is 11.3 Å². The quantitative estimate of drug-likeness (QED) is 0.176. The normalized spacial score (nSPS) is 12.3. The molecule has 0 amide bonds. The minimum Gasteiger partial charge on any atom is -0.456 e. The molecule has 51 heavy (non-hydrogen) atoms. The molecule has 4 nitrogen and oxygen atoms in total. The molecular formula is C46H24N2O2S. The molecule has 0 saturated carbocycles. The summed E-state index contributed by atoms with van der Waals surface area (Å²) in [6.45, 7) is 0. The molecule has 0 spiro atoms. The molecule has 4 heterocycles. The van der Waals surface area contributed by atoms with Gasteiger partial charge in [-0.1, -0.05) is 109 Å². The van der Waals surface area contributed by atoms with Crippen LogP contribution in [-0.2, 0) is 0 Å². The maximum Gasteiger partial charge on any atom is 0.161 e. The van der Waals surface area contributed by atoms with Gasteiger partial charge in [0.15, 0.2) is 5.82 Å². The lowest BCUT2D eigenvalue weighted by Gasteiger charge is -2.13. The van der Waals surface area contributed by atoms with Gasteiger partial charge in [-0.25, -0.2) is 9.97 Å². The Hall–Kier alpha value is -6.56. The largest absolute Gasteiger partial charge is 0.456 e. The van der Waals surface area contributed by atoms with Crippen LogP contribution in [0, 0.1) is 0 Å². The van der Waals surface area contributed by atoms with Crippen LogP contribution in [0.4, 0.5) is 0 Å². The highest BCUT2D eigenvalue weighted by molar-refractivity contribution is 7.26. The molecule has 0 unspecified atom stereocenters. The summed E-state index contributed by atoms with van der Waals surface area (Å²) in [5.41, 5.74) is 9.72. The highest BCUT2D eigenvalue weighted by Gasteiger charge is 2.22. The van der Waals surface area contributed by atoms with Crippen molar-refractivity contribution < 1.29 is 8.83 Å². The Morgan fingerprint density at radius 3 is 1.92 bits per heavy atom. The maximum absolute atomic E-state index is 6.66. The molecule has 0 saturated heterocycles. The second-order valence-corrected chi connectivity index (χ2v) is 14.3. The minimum absolute atomic E-state index is 0.692. The Bertz CT molecular complexity index is 3370. The van der Waals surface area contributed by atoms with Crippen molar-refractivity contribution in [2.45, 2.75) is 0 Å². The van der Waals surface area contributed by atoms with Crippen LogP contribution in [0.25, 0.3) is 119 Å². The Labute approximate surface area is 294 Å². The molecule has 0 aliphatic carbocycles. The average Bonchev–Trinajstić information content (AvgIpc) is 3.88. The van der Waals surface area contributed by atoms with Gasteiger partial charge in [-0.05, 0) is 69.1 Å². The van der Waals surface area contributed by atoms with Crippen molar-refractivity contribution in [1.29, 1.82) is 0 Å². The van der Waals surface area contributed by atoms with Crippen molar-refractivity contribution in [1.82, 2.24) is 9.97 Å². The lowest BCUT2D eigenvalue weighted by Crippen LogP contribution is -1.94. The van der Waals surface area contributed by atoms with E-state index in [0.29, 0.717) is 5.82 Å². The van der Waals surface area contributed by atoms with Gasteiger partial charge < -0.3 is 8.83 Å². The van der Waals surface area contributed by atoms with Crippen molar-refractivity contribution >= 4 is 97.1 Å². The van der Waals surface area contributed by atoms with E-state index in [1.165, 1.54) is 37.0 Å². The monoisotopic (exact) mass is 668 g/mol. The third kappa shape index (κ3) is 3.73. The zero-order chi connectivity index (χ0) is 33.2. The number of aromatic nitrogens is 2. The van der Waals surface area contributed by atoms with Crippen LogP contribution < -0.4 is 0 Å². The van der Waals surface area contributed by atoms with Crippen molar-refractivity contribution in [3.05, 3.63) is 146 Å². The minimum atomic E-state index is 0.692. The summed E-state index contributed by atoms with van der Waals surface area (Å²) in [5.74, 6) is 0.692. The van der Waals surface area contributed by atoms with Crippen molar-refractivity contribution in [2.24, 2.45) is 0 Å². The number of benzene rings is 8. The van der Waals surface area contributed by atoms with Gasteiger partial charge >= 0.3 is 0 Å². The van der Waals surface area contributed by atoms with Crippen LogP contribution in [-0.4, -0.2) is 9.97 Å². The van der Waals surface area contributed by atoms with Gasteiger partial charge in [-0.15, -0.1) is 11.3 Å². The van der Waals surface area contributed by atoms with E-state index in [1.54, 1.807) is 11.3 Å². The molecule has 8 aromatic carbocycles. The molecular weight excluding hydrogens is 645 g/mol. The second-order valence-electron chi connectivity index (χ2n) is 13.2. The average molecular weight is 669 g/mol. The number of furan rings is 2. The van der Waals surface area contributed by atoms with Crippen LogP contribution in [0.2, 0.25) is 0 Å². The van der Waals surface area contributed by atoms with Crippen molar-refractivity contribution in [2.75, 3.05) is 0 Å². The third-order valence-electron chi connectivity index (χ3n) is 10.5. The fourth-order valence-corrected chi connectivity index (χ4v) is 9.44. The zero-order valence-electron chi connectivity index (χ0n) is 27.0. The summed E-state index contributed by atoms with van der Waals surface area (Å²) in [4.78, 5) is 10.6. The first-order chi connectivity index (χ1) is 25.3. The lowest BCUT2D eigenvalue weighted by atomic mass is 9.89. The number of thiophene rings is 1. The molecule has 236 valence electrons. The number of fused-ring (bicyclic) bond motifs is 9. The Balaban J connectivity index is 1.10. The molecule has 12 rings (SSSR count). The van der Waals surface area contributed by atoms with Crippen molar-refractivity contribution in [3.63, 3.8) is 0 Å². The summed E-state index contributed by atoms with van der Waals surface area (Å²) in [5, 5.41) is 10.4. The van der Waals surface area contributed by atoms with Crippen LogP contribution in [0.5, 0.6) is 0 Å². The summed E-state index contributed by atoms with van der Waals surface area (Å²) in [6.07, 6.45) is 0. The van der Waals surface area contributed by atoms with Crippen LogP contribution in [0.15, 0.2) is 154 Å². The van der Waals surface area contributed by atoms with Gasteiger partial charge in [-0.2, -0.15) is 0 Å². The van der Waals surface area contributed by atoms with Gasteiger partial charge in [0.1, 0.15) is 22.3 Å². The zero-order valence-corrected chi connectivity index (χ0v) is 27.8. The highest BCUT2D eigenvalue weighted by atomic mass is 32.1. The van der Waals surface area contributed by atoms with Crippen molar-refractivity contribution in [3.8, 4) is 33.8 Å². The van der Waals surface area contributed by atoms with E-state index in [2.05, 4.69) is 127 Å². The third-order valence-corrected chi connectivity index (χ3v) is 11.6. The van der Waals surface area contributed by atoms with Gasteiger partial charge in [-0.3, -0.25) is 0 Å². The highest BCUT2D eigenvalue weighted by Crippen LogP contribution is 2.46. The number of hydrogen-bond acceptors (Lipinski definition) is 5. The van der Waals surface area contributed by atoms with E-state index >= 15 is 0 Å². The van der Waals surface area contributed by atoms with Crippen LogP contribution in [0.1, 0.15) is 0 Å². The molecule has 0 N–H and O–H groups in total. The van der Waals surface area contributed by atoms with E-state index in [4.69, 9.17) is 18.8 Å². The number of hydrogen-bond donors (Lipinski definition) is 0. The van der Waals surface area contributed by atoms with Crippen LogP contribution in [0.3, 0.4) is 0 Å². The second kappa shape index (κ2) is 10.0. The summed E-state index contributed by atoms with van der Waals surface area (Å²) < 4.78 is 15.3. The van der Waals surface area contributed by atoms with E-state index in [9.17, 15) is 0 Å². The molecule has 0 aliphatic heterocycles. The Kier molecular flexibility index (Phi) is 5.35. The summed E-state index contributed by atoms with van der Waals surface area (Å²) in [6, 6.07) is 51.1. The van der Waals surface area contributed by atoms with Gasteiger partial charge in [0, 0.05) is 42.8 Å². The SMILES string of the molecule is c1ccc(-c2nc(-c3cccc4oc5cc(-c6cccc7c8cccc9oc%10cccc(c67)c%10c98)ccc5c34)nc3c2sc2ccccc23)cc1. The molecule has 0 fully saturated rings. The van der Waals surface area contributed by atoms with Gasteiger partial charge in [0.25, 0.3) is 0 Å². The fraction of sp³-hybridized carbons (Fsp3) is 0. The predicted molar refractivity (Wildman–Crippen MR) is 212 cm³/mol. The first-order valence-corrected chi connectivity index (χ1v) is 17.9. The first kappa shape index (κ1) is 27.3. The Morgan fingerprint density at radius 2 is 1.06 bits per heavy atom. The van der Waals surface area contributed by atoms with Gasteiger partial charge in [0.2, 0.25) is 0 Å². The molecule has 0 bridgehead atoms. The lowest BCUT2D eigenvalue weighted by molar-refractivity contribution is 0.669. The van der Waals surface area contributed by atoms with E-state index in [1.807, 2.05) is 18.2 Å². The smallest absolute Gasteiger partial charge is 0.161 e. The van der Waals surface area contributed by atoms with Gasteiger partial charge in [0.05, 0.1) is 15.9 Å². The first-order valence-electron chi connectivity index (χ1n) is 17.1. The fourth-order valence-electron chi connectivity index (χ4n) is 8.29. The number of nitrogens with zero attached hydrogens (tertiary/aromatic N) is 2. The number of rotatable bonds is 3. The molecule has 5 heteroatoms. The molecule has 0 radical (unpaired) electrons. The Morgan fingerprint density at radius 1 is 0.412 bits per heavy atom. The maximum atomic E-state index is 6.66.